The number of hydrogen-bond acceptors (Lipinski definition) is 4. The number of para-hydroxylation sites is 2. The topological polar surface area (TPSA) is 83.0 Å². The molecular formula is C22H17ClN4O. The standard InChI is InChI=1S/C22H17ClN4O/c1-13-6-5-7-14-10-17(21(23)26-20(13)14)16-11-19(28)27(22(25)18(16)12-24)15-8-3-2-4-9-15/h2-10,16H,11,25H2,1H3/t16-/m0/s1. The van der Waals surface area contributed by atoms with Crippen molar-refractivity contribution < 1.29 is 4.79 Å². The molecule has 1 aromatic heterocycles. The van der Waals surface area contributed by atoms with E-state index in [-0.39, 0.29) is 23.3 Å². The Kier molecular flexibility index (Phi) is 4.50. The van der Waals surface area contributed by atoms with Crippen molar-refractivity contribution >= 4 is 34.1 Å². The van der Waals surface area contributed by atoms with Crippen molar-refractivity contribution in [2.24, 2.45) is 5.73 Å². The lowest BCUT2D eigenvalue weighted by molar-refractivity contribution is -0.118. The fourth-order valence-electron chi connectivity index (χ4n) is 3.65. The third kappa shape index (κ3) is 2.88. The number of carbonyl (C=O) groups is 1. The molecular weight excluding hydrogens is 372 g/mol. The maximum Gasteiger partial charge on any atom is 0.233 e. The number of aryl methyl sites for hydroxylation is 1. The van der Waals surface area contributed by atoms with E-state index in [4.69, 9.17) is 17.3 Å². The molecule has 0 bridgehead atoms. The number of anilines is 1. The van der Waals surface area contributed by atoms with Crippen molar-refractivity contribution in [3.05, 3.63) is 82.3 Å². The number of benzene rings is 2. The van der Waals surface area contributed by atoms with Gasteiger partial charge in [-0.1, -0.05) is 48.0 Å². The lowest BCUT2D eigenvalue weighted by Gasteiger charge is -2.32. The first-order chi connectivity index (χ1) is 13.5. The van der Waals surface area contributed by atoms with Gasteiger partial charge in [0, 0.05) is 17.7 Å². The van der Waals surface area contributed by atoms with Gasteiger partial charge in [0.25, 0.3) is 0 Å². The summed E-state index contributed by atoms with van der Waals surface area (Å²) in [4.78, 5) is 18.8. The molecule has 0 fully saturated rings. The smallest absolute Gasteiger partial charge is 0.233 e. The summed E-state index contributed by atoms with van der Waals surface area (Å²) in [6.45, 7) is 1.96. The van der Waals surface area contributed by atoms with Crippen molar-refractivity contribution in [3.8, 4) is 6.07 Å². The first-order valence-electron chi connectivity index (χ1n) is 8.84. The Morgan fingerprint density at radius 3 is 2.68 bits per heavy atom. The molecule has 1 amide bonds. The van der Waals surface area contributed by atoms with Gasteiger partial charge in [0.05, 0.1) is 22.8 Å². The molecule has 1 aliphatic heterocycles. The van der Waals surface area contributed by atoms with Gasteiger partial charge in [0.2, 0.25) is 5.91 Å². The summed E-state index contributed by atoms with van der Waals surface area (Å²) >= 11 is 6.47. The molecule has 138 valence electrons. The summed E-state index contributed by atoms with van der Waals surface area (Å²) < 4.78 is 0. The molecule has 0 spiro atoms. The van der Waals surface area contributed by atoms with Gasteiger partial charge in [-0.3, -0.25) is 9.69 Å². The molecule has 1 aliphatic rings. The fraction of sp³-hybridized carbons (Fsp3) is 0.136. The maximum absolute atomic E-state index is 12.9. The predicted octanol–water partition coefficient (Wildman–Crippen LogP) is 4.41. The minimum absolute atomic E-state index is 0.0945. The highest BCUT2D eigenvalue weighted by molar-refractivity contribution is 6.30. The highest BCUT2D eigenvalue weighted by Gasteiger charge is 2.35. The minimum atomic E-state index is -0.526. The lowest BCUT2D eigenvalue weighted by atomic mass is 9.85. The zero-order valence-corrected chi connectivity index (χ0v) is 15.9. The summed E-state index contributed by atoms with van der Waals surface area (Å²) in [5.74, 6) is -0.578. The molecule has 4 rings (SSSR count). The molecule has 2 aromatic carbocycles. The van der Waals surface area contributed by atoms with Crippen LogP contribution in [0.5, 0.6) is 0 Å². The summed E-state index contributed by atoms with van der Waals surface area (Å²) in [6.07, 6.45) is 0.0945. The van der Waals surface area contributed by atoms with Crippen molar-refractivity contribution in [2.75, 3.05) is 4.90 Å². The SMILES string of the molecule is Cc1cccc2cc([C@@H]3CC(=O)N(c4ccccc4)C(N)=C3C#N)c(Cl)nc12. The van der Waals surface area contributed by atoms with E-state index < -0.39 is 5.92 Å². The summed E-state index contributed by atoms with van der Waals surface area (Å²) in [6, 6.07) is 19.0. The number of allylic oxidation sites excluding steroid dienone is 1. The van der Waals surface area contributed by atoms with Crippen LogP contribution in [0.15, 0.2) is 66.0 Å². The molecule has 0 saturated carbocycles. The average molecular weight is 389 g/mol. The molecule has 3 aromatic rings. The van der Waals surface area contributed by atoms with Crippen LogP contribution in [0.4, 0.5) is 5.69 Å². The van der Waals surface area contributed by atoms with Crippen LogP contribution in [0.3, 0.4) is 0 Å². The lowest BCUT2D eigenvalue weighted by Crippen LogP contribution is -2.40. The first-order valence-corrected chi connectivity index (χ1v) is 9.22. The Balaban J connectivity index is 1.87. The Morgan fingerprint density at radius 1 is 1.21 bits per heavy atom. The van der Waals surface area contributed by atoms with Crippen LogP contribution in [0, 0.1) is 18.3 Å². The normalized spacial score (nSPS) is 17.1. The van der Waals surface area contributed by atoms with E-state index >= 15 is 0 Å². The highest BCUT2D eigenvalue weighted by Crippen LogP contribution is 2.40. The molecule has 0 aliphatic carbocycles. The van der Waals surface area contributed by atoms with Gasteiger partial charge in [-0.2, -0.15) is 5.26 Å². The van der Waals surface area contributed by atoms with Crippen molar-refractivity contribution in [1.29, 1.82) is 5.26 Å². The second-order valence-electron chi connectivity index (χ2n) is 6.75. The first kappa shape index (κ1) is 18.0. The number of nitriles is 1. The zero-order chi connectivity index (χ0) is 19.8. The fourth-order valence-corrected chi connectivity index (χ4v) is 3.92. The third-order valence-electron chi connectivity index (χ3n) is 5.03. The van der Waals surface area contributed by atoms with E-state index in [9.17, 15) is 10.1 Å². The van der Waals surface area contributed by atoms with Crippen LogP contribution >= 0.6 is 11.6 Å². The Labute approximate surface area is 167 Å². The zero-order valence-electron chi connectivity index (χ0n) is 15.2. The number of carbonyl (C=O) groups excluding carboxylic acids is 1. The molecule has 5 nitrogen and oxygen atoms in total. The Hall–Kier alpha value is -3.36. The third-order valence-corrected chi connectivity index (χ3v) is 5.33. The summed E-state index contributed by atoms with van der Waals surface area (Å²) in [5, 5.41) is 11.0. The van der Waals surface area contributed by atoms with E-state index in [1.165, 1.54) is 4.90 Å². The molecule has 1 atom stereocenters. The highest BCUT2D eigenvalue weighted by atomic mass is 35.5. The largest absolute Gasteiger partial charge is 0.384 e. The quantitative estimate of drug-likeness (QED) is 0.659. The number of nitrogens with two attached hydrogens (primary N) is 1. The van der Waals surface area contributed by atoms with Gasteiger partial charge in [-0.15, -0.1) is 0 Å². The van der Waals surface area contributed by atoms with E-state index in [0.717, 1.165) is 16.5 Å². The van der Waals surface area contributed by atoms with Gasteiger partial charge in [-0.05, 0) is 36.2 Å². The van der Waals surface area contributed by atoms with E-state index in [1.54, 1.807) is 12.1 Å². The monoisotopic (exact) mass is 388 g/mol. The van der Waals surface area contributed by atoms with Crippen LogP contribution in [0.2, 0.25) is 5.15 Å². The number of nitrogens with zero attached hydrogens (tertiary/aromatic N) is 3. The number of pyridine rings is 1. The molecule has 2 heterocycles. The maximum atomic E-state index is 12.9. The van der Waals surface area contributed by atoms with Gasteiger partial charge >= 0.3 is 0 Å². The van der Waals surface area contributed by atoms with Gasteiger partial charge < -0.3 is 5.73 Å². The van der Waals surface area contributed by atoms with Crippen LogP contribution in [-0.4, -0.2) is 10.9 Å². The number of halogens is 1. The molecule has 2 N–H and O–H groups in total. The van der Waals surface area contributed by atoms with Crippen molar-refractivity contribution in [1.82, 2.24) is 4.98 Å². The number of aromatic nitrogens is 1. The Bertz CT molecular complexity index is 1160. The molecule has 0 saturated heterocycles. The van der Waals surface area contributed by atoms with Gasteiger partial charge in [0.15, 0.2) is 0 Å². The van der Waals surface area contributed by atoms with E-state index in [1.807, 2.05) is 49.4 Å². The number of hydrogen-bond donors (Lipinski definition) is 1. The summed E-state index contributed by atoms with van der Waals surface area (Å²) in [5.41, 5.74) is 9.68. The second kappa shape index (κ2) is 6.99. The molecule has 28 heavy (non-hydrogen) atoms. The predicted molar refractivity (Wildman–Crippen MR) is 110 cm³/mol. The van der Waals surface area contributed by atoms with Crippen molar-refractivity contribution in [2.45, 2.75) is 19.3 Å². The van der Waals surface area contributed by atoms with Gasteiger partial charge in [-0.25, -0.2) is 4.98 Å². The summed E-state index contributed by atoms with van der Waals surface area (Å²) in [7, 11) is 0. The van der Waals surface area contributed by atoms with Crippen LogP contribution in [0.25, 0.3) is 10.9 Å². The number of amides is 1. The van der Waals surface area contributed by atoms with E-state index in [2.05, 4.69) is 11.1 Å². The van der Waals surface area contributed by atoms with Crippen molar-refractivity contribution in [3.63, 3.8) is 0 Å². The molecule has 0 radical (unpaired) electrons. The average Bonchev–Trinajstić information content (AvgIpc) is 2.69. The van der Waals surface area contributed by atoms with E-state index in [0.29, 0.717) is 16.8 Å². The van der Waals surface area contributed by atoms with Crippen LogP contribution in [0.1, 0.15) is 23.5 Å². The van der Waals surface area contributed by atoms with Gasteiger partial charge in [0.1, 0.15) is 11.0 Å². The Morgan fingerprint density at radius 2 is 1.96 bits per heavy atom. The second-order valence-corrected chi connectivity index (χ2v) is 7.11. The number of fused-ring (bicyclic) bond motifs is 1. The van der Waals surface area contributed by atoms with Crippen LogP contribution in [-0.2, 0) is 4.79 Å². The van der Waals surface area contributed by atoms with Crippen LogP contribution < -0.4 is 10.6 Å². The molecule has 6 heteroatoms. The number of rotatable bonds is 2. The minimum Gasteiger partial charge on any atom is -0.384 e. The molecule has 0 unspecified atom stereocenters.